The zero-order valence-corrected chi connectivity index (χ0v) is 10.2. The lowest BCUT2D eigenvalue weighted by Gasteiger charge is -2.22. The van der Waals surface area contributed by atoms with Crippen molar-refractivity contribution in [2.24, 2.45) is 0 Å². The van der Waals surface area contributed by atoms with Gasteiger partial charge in [-0.1, -0.05) is 25.8 Å². The summed E-state index contributed by atoms with van der Waals surface area (Å²) < 4.78 is 0. The van der Waals surface area contributed by atoms with Gasteiger partial charge in [0.15, 0.2) is 0 Å². The number of hydrogen-bond donors (Lipinski definition) is 0. The molecule has 3 nitrogen and oxygen atoms in total. The summed E-state index contributed by atoms with van der Waals surface area (Å²) in [4.78, 5) is 0. The van der Waals surface area contributed by atoms with E-state index in [9.17, 15) is 0 Å². The van der Waals surface area contributed by atoms with Crippen LogP contribution in [0.1, 0.15) is 43.6 Å². The van der Waals surface area contributed by atoms with Gasteiger partial charge in [-0.2, -0.15) is 0 Å². The molecule has 0 aliphatic heterocycles. The molecule has 0 unspecified atom stereocenters. The summed E-state index contributed by atoms with van der Waals surface area (Å²) in [6.45, 7) is 2.27. The van der Waals surface area contributed by atoms with Gasteiger partial charge in [-0.15, -0.1) is 10.2 Å². The third-order valence-corrected chi connectivity index (χ3v) is 4.35. The summed E-state index contributed by atoms with van der Waals surface area (Å²) in [5.41, 5.74) is 1.41. The first-order valence-corrected chi connectivity index (χ1v) is 7.71. The van der Waals surface area contributed by atoms with Crippen LogP contribution in [0.4, 0.5) is 0 Å². The van der Waals surface area contributed by atoms with Crippen LogP contribution >= 0.6 is 0 Å². The van der Waals surface area contributed by atoms with Crippen molar-refractivity contribution in [1.29, 1.82) is 0 Å². The Hall–Kier alpha value is -0.773. The first kappa shape index (κ1) is 9.77. The molecule has 0 amide bonds. The second-order valence-electron chi connectivity index (χ2n) is 4.02. The first-order valence-electron chi connectivity index (χ1n) is 5.59. The van der Waals surface area contributed by atoms with Crippen molar-refractivity contribution in [1.82, 2.24) is 15.4 Å². The molecule has 0 radical (unpaired) electrons. The highest BCUT2D eigenvalue weighted by atomic mass is 28.2. The SMILES string of the molecule is C[SiH2]c1nnncc1C1CCCCC1. The van der Waals surface area contributed by atoms with Gasteiger partial charge in [-0.3, -0.25) is 0 Å². The van der Waals surface area contributed by atoms with Gasteiger partial charge in [0.05, 0.1) is 15.7 Å². The van der Waals surface area contributed by atoms with Gasteiger partial charge in [0.2, 0.25) is 0 Å². The molecule has 1 saturated carbocycles. The lowest BCUT2D eigenvalue weighted by molar-refractivity contribution is 0.442. The highest BCUT2D eigenvalue weighted by Gasteiger charge is 2.18. The maximum atomic E-state index is 4.17. The highest BCUT2D eigenvalue weighted by molar-refractivity contribution is 6.51. The fraction of sp³-hybridized carbons (Fsp3) is 0.700. The summed E-state index contributed by atoms with van der Waals surface area (Å²) in [6.07, 6.45) is 8.76. The third kappa shape index (κ3) is 2.00. The minimum absolute atomic E-state index is 0.196. The van der Waals surface area contributed by atoms with Gasteiger partial charge < -0.3 is 0 Å². The van der Waals surface area contributed by atoms with Crippen LogP contribution in [0.25, 0.3) is 0 Å². The van der Waals surface area contributed by atoms with Crippen LogP contribution in [0.15, 0.2) is 6.20 Å². The maximum absolute atomic E-state index is 4.17. The van der Waals surface area contributed by atoms with Gasteiger partial charge in [-0.25, -0.2) is 0 Å². The highest BCUT2D eigenvalue weighted by Crippen LogP contribution is 2.30. The van der Waals surface area contributed by atoms with Crippen molar-refractivity contribution in [3.05, 3.63) is 11.8 Å². The Balaban J connectivity index is 2.20. The standard InChI is InChI=1S/C10H17N3Si/c1-14-10-9(7-11-13-12-10)8-5-3-2-4-6-8/h7-8H,2-6,14H2,1H3. The molecule has 1 aliphatic rings. The average Bonchev–Trinajstić information content (AvgIpc) is 2.30. The van der Waals surface area contributed by atoms with E-state index >= 15 is 0 Å². The second-order valence-corrected chi connectivity index (χ2v) is 5.40. The summed E-state index contributed by atoms with van der Waals surface area (Å²) >= 11 is 0. The van der Waals surface area contributed by atoms with E-state index in [1.54, 1.807) is 0 Å². The minimum Gasteiger partial charge on any atom is -0.141 e. The van der Waals surface area contributed by atoms with Gasteiger partial charge >= 0.3 is 0 Å². The van der Waals surface area contributed by atoms with Crippen LogP contribution in [0.3, 0.4) is 0 Å². The Bertz CT molecular complexity index is 297. The average molecular weight is 207 g/mol. The van der Waals surface area contributed by atoms with Gasteiger partial charge in [0, 0.05) is 5.32 Å². The smallest absolute Gasteiger partial charge is 0.0784 e. The summed E-state index contributed by atoms with van der Waals surface area (Å²) in [7, 11) is -0.196. The van der Waals surface area contributed by atoms with Crippen LogP contribution in [0.2, 0.25) is 6.55 Å². The molecule has 1 aliphatic carbocycles. The molecule has 1 fully saturated rings. The topological polar surface area (TPSA) is 38.7 Å². The number of hydrogen-bond acceptors (Lipinski definition) is 3. The number of rotatable bonds is 2. The minimum atomic E-state index is -0.196. The molecule has 76 valence electrons. The van der Waals surface area contributed by atoms with Crippen LogP contribution < -0.4 is 5.32 Å². The van der Waals surface area contributed by atoms with E-state index in [0.29, 0.717) is 0 Å². The van der Waals surface area contributed by atoms with Crippen molar-refractivity contribution < 1.29 is 0 Å². The largest absolute Gasteiger partial charge is 0.141 e. The lowest BCUT2D eigenvalue weighted by Crippen LogP contribution is -2.26. The van der Waals surface area contributed by atoms with E-state index in [0.717, 1.165) is 5.92 Å². The Morgan fingerprint density at radius 3 is 2.79 bits per heavy atom. The summed E-state index contributed by atoms with van der Waals surface area (Å²) in [5, 5.41) is 13.1. The Morgan fingerprint density at radius 2 is 2.07 bits per heavy atom. The van der Waals surface area contributed by atoms with Crippen molar-refractivity contribution in [3.8, 4) is 0 Å². The van der Waals surface area contributed by atoms with E-state index in [4.69, 9.17) is 0 Å². The molecular formula is C10H17N3Si. The van der Waals surface area contributed by atoms with E-state index < -0.39 is 0 Å². The molecule has 1 aromatic heterocycles. The lowest BCUT2D eigenvalue weighted by atomic mass is 9.85. The zero-order valence-electron chi connectivity index (χ0n) is 8.74. The van der Waals surface area contributed by atoms with Crippen molar-refractivity contribution in [3.63, 3.8) is 0 Å². The molecular weight excluding hydrogens is 190 g/mol. The van der Waals surface area contributed by atoms with Crippen molar-refractivity contribution >= 4 is 14.8 Å². The summed E-state index contributed by atoms with van der Waals surface area (Å²) in [6, 6.07) is 0. The number of nitrogens with zero attached hydrogens (tertiary/aromatic N) is 3. The Morgan fingerprint density at radius 1 is 1.29 bits per heavy atom. The predicted octanol–water partition coefficient (Wildman–Crippen LogP) is 0.761. The van der Waals surface area contributed by atoms with Gasteiger partial charge in [0.1, 0.15) is 0 Å². The van der Waals surface area contributed by atoms with Crippen LogP contribution in [-0.2, 0) is 0 Å². The van der Waals surface area contributed by atoms with Gasteiger partial charge in [0.25, 0.3) is 0 Å². The van der Waals surface area contributed by atoms with Crippen molar-refractivity contribution in [2.75, 3.05) is 0 Å². The molecule has 0 N–H and O–H groups in total. The normalized spacial score (nSPS) is 19.2. The number of aromatic nitrogens is 3. The fourth-order valence-electron chi connectivity index (χ4n) is 2.33. The molecule has 2 rings (SSSR count). The van der Waals surface area contributed by atoms with E-state index in [1.807, 2.05) is 6.20 Å². The monoisotopic (exact) mass is 207 g/mol. The van der Waals surface area contributed by atoms with Crippen LogP contribution in [-0.4, -0.2) is 24.9 Å². The quantitative estimate of drug-likeness (QED) is 0.672. The summed E-state index contributed by atoms with van der Waals surface area (Å²) in [5.74, 6) is 0.731. The molecule has 1 aromatic rings. The molecule has 0 aromatic carbocycles. The third-order valence-electron chi connectivity index (χ3n) is 3.13. The van der Waals surface area contributed by atoms with Crippen molar-refractivity contribution in [2.45, 2.75) is 44.6 Å². The molecule has 0 atom stereocenters. The van der Waals surface area contributed by atoms with E-state index in [2.05, 4.69) is 22.0 Å². The Labute approximate surface area is 87.2 Å². The molecule has 1 heterocycles. The molecule has 4 heteroatoms. The molecule has 0 spiro atoms. The zero-order chi connectivity index (χ0) is 9.80. The van der Waals surface area contributed by atoms with E-state index in [1.165, 1.54) is 43.0 Å². The van der Waals surface area contributed by atoms with E-state index in [-0.39, 0.29) is 9.52 Å². The molecule has 0 bridgehead atoms. The first-order chi connectivity index (χ1) is 6.92. The predicted molar refractivity (Wildman–Crippen MR) is 59.7 cm³/mol. The maximum Gasteiger partial charge on any atom is 0.0784 e. The van der Waals surface area contributed by atoms with Crippen LogP contribution in [0, 0.1) is 0 Å². The van der Waals surface area contributed by atoms with Gasteiger partial charge in [-0.05, 0) is 29.5 Å². The second kappa shape index (κ2) is 4.64. The molecule has 14 heavy (non-hydrogen) atoms. The van der Waals surface area contributed by atoms with Crippen LogP contribution in [0.5, 0.6) is 0 Å². The Kier molecular flexibility index (Phi) is 3.24. The fourth-order valence-corrected chi connectivity index (χ4v) is 3.32. The molecule has 0 saturated heterocycles.